The van der Waals surface area contributed by atoms with Gasteiger partial charge >= 0.3 is 0 Å². The van der Waals surface area contributed by atoms with E-state index in [1.165, 1.54) is 0 Å². The van der Waals surface area contributed by atoms with E-state index in [0.717, 1.165) is 29.5 Å². The van der Waals surface area contributed by atoms with E-state index in [9.17, 15) is 4.79 Å². The van der Waals surface area contributed by atoms with E-state index in [2.05, 4.69) is 13.8 Å². The zero-order valence-corrected chi connectivity index (χ0v) is 13.6. The fourth-order valence-corrected chi connectivity index (χ4v) is 2.73. The van der Waals surface area contributed by atoms with Gasteiger partial charge in [0.1, 0.15) is 17.1 Å². The average Bonchev–Trinajstić information content (AvgIpc) is 2.59. The Hall–Kier alpha value is -2.29. The first-order chi connectivity index (χ1) is 10.7. The molecule has 2 aromatic carbocycles. The number of hydrogen-bond acceptors (Lipinski definition) is 3. The second kappa shape index (κ2) is 7.12. The molecule has 0 aliphatic heterocycles. The lowest BCUT2D eigenvalue weighted by Gasteiger charge is -2.16. The number of methoxy groups -OCH3 is 2. The molecule has 116 valence electrons. The molecule has 0 amide bonds. The van der Waals surface area contributed by atoms with Crippen molar-refractivity contribution in [2.45, 2.75) is 26.7 Å². The van der Waals surface area contributed by atoms with Crippen LogP contribution in [0.15, 0.2) is 36.4 Å². The molecular formula is C19H22O3. The molecule has 0 bridgehead atoms. The molecule has 3 heteroatoms. The highest BCUT2D eigenvalue weighted by Gasteiger charge is 2.23. The van der Waals surface area contributed by atoms with Crippen LogP contribution in [0, 0.1) is 0 Å². The Morgan fingerprint density at radius 1 is 0.818 bits per heavy atom. The van der Waals surface area contributed by atoms with Crippen LogP contribution in [0.25, 0.3) is 0 Å². The standard InChI is InChI=1S/C19H22O3/c1-5-13-9-7-10-14(6-2)17(13)19(20)18-15(21-3)11-8-12-16(18)22-4/h7-12H,5-6H2,1-4H3. The summed E-state index contributed by atoms with van der Waals surface area (Å²) in [6, 6.07) is 11.4. The van der Waals surface area contributed by atoms with E-state index in [0.29, 0.717) is 17.1 Å². The van der Waals surface area contributed by atoms with Crippen LogP contribution in [-0.4, -0.2) is 20.0 Å². The van der Waals surface area contributed by atoms with Crippen molar-refractivity contribution in [1.29, 1.82) is 0 Å². The normalized spacial score (nSPS) is 10.4. The SMILES string of the molecule is CCc1cccc(CC)c1C(=O)c1c(OC)cccc1OC. The Morgan fingerprint density at radius 3 is 1.68 bits per heavy atom. The average molecular weight is 298 g/mol. The molecule has 0 aromatic heterocycles. The topological polar surface area (TPSA) is 35.5 Å². The fourth-order valence-electron chi connectivity index (χ4n) is 2.73. The fraction of sp³-hybridized carbons (Fsp3) is 0.316. The van der Waals surface area contributed by atoms with Crippen LogP contribution in [0.3, 0.4) is 0 Å². The highest BCUT2D eigenvalue weighted by Crippen LogP contribution is 2.32. The van der Waals surface area contributed by atoms with Gasteiger partial charge in [0.15, 0.2) is 0 Å². The maximum absolute atomic E-state index is 13.2. The highest BCUT2D eigenvalue weighted by molar-refractivity contribution is 6.14. The summed E-state index contributed by atoms with van der Waals surface area (Å²) < 4.78 is 10.8. The highest BCUT2D eigenvalue weighted by atomic mass is 16.5. The molecule has 0 atom stereocenters. The number of rotatable bonds is 6. The summed E-state index contributed by atoms with van der Waals surface area (Å²) >= 11 is 0. The van der Waals surface area contributed by atoms with Crippen LogP contribution in [0.2, 0.25) is 0 Å². The van der Waals surface area contributed by atoms with Crippen molar-refractivity contribution in [3.05, 3.63) is 58.7 Å². The van der Waals surface area contributed by atoms with Crippen molar-refractivity contribution in [2.75, 3.05) is 14.2 Å². The van der Waals surface area contributed by atoms with Gasteiger partial charge in [0.25, 0.3) is 0 Å². The van der Waals surface area contributed by atoms with E-state index in [1.807, 2.05) is 24.3 Å². The molecule has 0 saturated heterocycles. The molecule has 0 aliphatic carbocycles. The van der Waals surface area contributed by atoms with Gasteiger partial charge in [-0.1, -0.05) is 38.1 Å². The van der Waals surface area contributed by atoms with Crippen molar-refractivity contribution in [3.63, 3.8) is 0 Å². The molecule has 0 spiro atoms. The van der Waals surface area contributed by atoms with Gasteiger partial charge in [-0.2, -0.15) is 0 Å². The van der Waals surface area contributed by atoms with E-state index in [1.54, 1.807) is 26.4 Å². The first kappa shape index (κ1) is 16.1. The predicted molar refractivity (Wildman–Crippen MR) is 88.2 cm³/mol. The lowest BCUT2D eigenvalue weighted by atomic mass is 9.90. The van der Waals surface area contributed by atoms with Crippen LogP contribution in [-0.2, 0) is 12.8 Å². The maximum Gasteiger partial charge on any atom is 0.201 e. The van der Waals surface area contributed by atoms with Gasteiger partial charge in [-0.05, 0) is 36.1 Å². The van der Waals surface area contributed by atoms with Crippen molar-refractivity contribution >= 4 is 5.78 Å². The number of ether oxygens (including phenoxy) is 2. The van der Waals surface area contributed by atoms with Gasteiger partial charge in [0.05, 0.1) is 14.2 Å². The molecule has 0 saturated carbocycles. The molecular weight excluding hydrogens is 276 g/mol. The van der Waals surface area contributed by atoms with Gasteiger partial charge < -0.3 is 9.47 Å². The Bertz CT molecular complexity index is 572. The van der Waals surface area contributed by atoms with Crippen LogP contribution >= 0.6 is 0 Å². The van der Waals surface area contributed by atoms with Crippen LogP contribution < -0.4 is 9.47 Å². The minimum Gasteiger partial charge on any atom is -0.496 e. The quantitative estimate of drug-likeness (QED) is 0.754. The van der Waals surface area contributed by atoms with E-state index >= 15 is 0 Å². The summed E-state index contributed by atoms with van der Waals surface area (Å²) in [6.07, 6.45) is 1.62. The zero-order chi connectivity index (χ0) is 16.1. The van der Waals surface area contributed by atoms with E-state index in [-0.39, 0.29) is 5.78 Å². The third kappa shape index (κ3) is 2.84. The van der Waals surface area contributed by atoms with Crippen molar-refractivity contribution in [2.24, 2.45) is 0 Å². The minimum atomic E-state index is -0.0383. The Morgan fingerprint density at radius 2 is 1.27 bits per heavy atom. The molecule has 3 nitrogen and oxygen atoms in total. The van der Waals surface area contributed by atoms with Crippen molar-refractivity contribution in [1.82, 2.24) is 0 Å². The molecule has 0 fully saturated rings. The van der Waals surface area contributed by atoms with Crippen LogP contribution in [0.4, 0.5) is 0 Å². The number of carbonyl (C=O) groups is 1. The number of carbonyl (C=O) groups excluding carboxylic acids is 1. The lowest BCUT2D eigenvalue weighted by molar-refractivity contribution is 0.103. The molecule has 2 aromatic rings. The first-order valence-corrected chi connectivity index (χ1v) is 7.54. The van der Waals surface area contributed by atoms with Crippen molar-refractivity contribution < 1.29 is 14.3 Å². The van der Waals surface area contributed by atoms with E-state index in [4.69, 9.17) is 9.47 Å². The van der Waals surface area contributed by atoms with Gasteiger partial charge in [-0.25, -0.2) is 0 Å². The second-order valence-corrected chi connectivity index (χ2v) is 5.03. The lowest BCUT2D eigenvalue weighted by Crippen LogP contribution is -2.11. The molecule has 0 heterocycles. The summed E-state index contributed by atoms with van der Waals surface area (Å²) in [5, 5.41) is 0. The molecule has 0 aliphatic rings. The maximum atomic E-state index is 13.2. The molecule has 22 heavy (non-hydrogen) atoms. The van der Waals surface area contributed by atoms with Crippen LogP contribution in [0.1, 0.15) is 40.9 Å². The Balaban J connectivity index is 2.68. The Kier molecular flexibility index (Phi) is 5.21. The number of hydrogen-bond donors (Lipinski definition) is 0. The van der Waals surface area contributed by atoms with Crippen LogP contribution in [0.5, 0.6) is 11.5 Å². The summed E-state index contributed by atoms with van der Waals surface area (Å²) in [5.41, 5.74) is 3.37. The summed E-state index contributed by atoms with van der Waals surface area (Å²) in [4.78, 5) is 13.2. The Labute approximate surface area is 131 Å². The number of ketones is 1. The van der Waals surface area contributed by atoms with Gasteiger partial charge in [-0.3, -0.25) is 4.79 Å². The molecule has 0 radical (unpaired) electrons. The summed E-state index contributed by atoms with van der Waals surface area (Å²) in [6.45, 7) is 4.12. The van der Waals surface area contributed by atoms with Gasteiger partial charge in [0, 0.05) is 5.56 Å². The number of aryl methyl sites for hydroxylation is 2. The summed E-state index contributed by atoms with van der Waals surface area (Å²) in [7, 11) is 3.13. The first-order valence-electron chi connectivity index (χ1n) is 7.54. The second-order valence-electron chi connectivity index (χ2n) is 5.03. The molecule has 0 unspecified atom stereocenters. The number of benzene rings is 2. The van der Waals surface area contributed by atoms with Crippen molar-refractivity contribution in [3.8, 4) is 11.5 Å². The van der Waals surface area contributed by atoms with Gasteiger partial charge in [-0.15, -0.1) is 0 Å². The third-order valence-corrected chi connectivity index (χ3v) is 3.88. The molecule has 2 rings (SSSR count). The van der Waals surface area contributed by atoms with Gasteiger partial charge in [0.2, 0.25) is 5.78 Å². The third-order valence-electron chi connectivity index (χ3n) is 3.88. The van der Waals surface area contributed by atoms with E-state index < -0.39 is 0 Å². The smallest absolute Gasteiger partial charge is 0.201 e. The monoisotopic (exact) mass is 298 g/mol. The largest absolute Gasteiger partial charge is 0.496 e. The predicted octanol–water partition coefficient (Wildman–Crippen LogP) is 4.06. The minimum absolute atomic E-state index is 0.0383. The summed E-state index contributed by atoms with van der Waals surface area (Å²) in [5.74, 6) is 1.04. The molecule has 0 N–H and O–H groups in total. The zero-order valence-electron chi connectivity index (χ0n) is 13.6.